The minimum absolute atomic E-state index is 0.803. The molecule has 0 aromatic rings. The molecule has 0 atom stereocenters. The van der Waals surface area contributed by atoms with Gasteiger partial charge in [-0.25, -0.2) is 5.21 Å². The first-order chi connectivity index (χ1) is 4.67. The SMILES string of the molecule is C=[N+](O)OS(=O)(=O)C(F)(F)F. The zero-order chi connectivity index (χ0) is 9.28. The number of alkyl halides is 3. The molecular formula is C2H3F3NO4S+. The highest BCUT2D eigenvalue weighted by Crippen LogP contribution is 2.23. The molecule has 0 aromatic heterocycles. The van der Waals surface area contributed by atoms with Gasteiger partial charge in [-0.15, -0.1) is 0 Å². The molecule has 5 nitrogen and oxygen atoms in total. The van der Waals surface area contributed by atoms with Crippen molar-refractivity contribution in [2.24, 2.45) is 0 Å². The molecular weight excluding hydrogens is 191 g/mol. The minimum Gasteiger partial charge on any atom is -0.244 e. The van der Waals surface area contributed by atoms with Crippen LogP contribution in [-0.4, -0.2) is 30.8 Å². The summed E-state index contributed by atoms with van der Waals surface area (Å²) in [6.07, 6.45) is 0. The minimum atomic E-state index is -5.78. The van der Waals surface area contributed by atoms with Crippen LogP contribution < -0.4 is 0 Å². The van der Waals surface area contributed by atoms with E-state index >= 15 is 0 Å². The molecule has 0 aliphatic rings. The van der Waals surface area contributed by atoms with E-state index in [1.54, 1.807) is 0 Å². The first-order valence-electron chi connectivity index (χ1n) is 1.97. The third-order valence-electron chi connectivity index (χ3n) is 0.468. The van der Waals surface area contributed by atoms with Gasteiger partial charge in [-0.05, 0) is 0 Å². The zero-order valence-electron chi connectivity index (χ0n) is 4.87. The first kappa shape index (κ1) is 10.0. The molecule has 0 radical (unpaired) electrons. The average Bonchev–Trinajstić information content (AvgIpc) is 1.56. The van der Waals surface area contributed by atoms with E-state index in [1.807, 2.05) is 0 Å². The number of nitrogens with zero attached hydrogens (tertiary/aromatic N) is 1. The second kappa shape index (κ2) is 2.57. The Hall–Kier alpha value is -0.990. The van der Waals surface area contributed by atoms with Crippen molar-refractivity contribution < 1.29 is 36.0 Å². The van der Waals surface area contributed by atoms with Crippen LogP contribution in [0.5, 0.6) is 0 Å². The van der Waals surface area contributed by atoms with Crippen LogP contribution in [0, 0.1) is 0 Å². The van der Waals surface area contributed by atoms with Gasteiger partial charge in [0.25, 0.3) is 0 Å². The molecule has 1 N–H and O–H groups in total. The van der Waals surface area contributed by atoms with E-state index in [-0.39, 0.29) is 0 Å². The van der Waals surface area contributed by atoms with Crippen LogP contribution >= 0.6 is 0 Å². The topological polar surface area (TPSA) is 66.6 Å². The smallest absolute Gasteiger partial charge is 0.244 e. The summed E-state index contributed by atoms with van der Waals surface area (Å²) in [6, 6.07) is 0. The van der Waals surface area contributed by atoms with Gasteiger partial charge in [0.05, 0.1) is 0 Å². The van der Waals surface area contributed by atoms with E-state index in [0.29, 0.717) is 0 Å². The maximum absolute atomic E-state index is 11.3. The molecule has 0 aliphatic carbocycles. The molecule has 0 unspecified atom stereocenters. The number of rotatable bonds is 2. The van der Waals surface area contributed by atoms with Crippen molar-refractivity contribution in [1.82, 2.24) is 0 Å². The number of halogens is 3. The zero-order valence-corrected chi connectivity index (χ0v) is 5.68. The summed E-state index contributed by atoms with van der Waals surface area (Å²) in [7, 11) is -5.78. The molecule has 0 heterocycles. The van der Waals surface area contributed by atoms with Gasteiger partial charge in [0.2, 0.25) is 11.6 Å². The van der Waals surface area contributed by atoms with E-state index in [4.69, 9.17) is 5.21 Å². The van der Waals surface area contributed by atoms with Gasteiger partial charge < -0.3 is 0 Å². The van der Waals surface area contributed by atoms with Gasteiger partial charge in [0, 0.05) is 0 Å². The van der Waals surface area contributed by atoms with Crippen molar-refractivity contribution in [3.05, 3.63) is 0 Å². The van der Waals surface area contributed by atoms with Gasteiger partial charge in [0.15, 0.2) is 0 Å². The normalized spacial score (nSPS) is 12.6. The molecule has 66 valence electrons. The maximum Gasteiger partial charge on any atom is 0.540 e. The molecule has 0 saturated heterocycles. The molecule has 0 bridgehead atoms. The molecule has 0 aromatic carbocycles. The highest BCUT2D eigenvalue weighted by molar-refractivity contribution is 7.87. The van der Waals surface area contributed by atoms with Crippen molar-refractivity contribution in [3.63, 3.8) is 0 Å². The molecule has 0 spiro atoms. The highest BCUT2D eigenvalue weighted by Gasteiger charge is 2.52. The Bertz CT molecular complexity index is 253. The Morgan fingerprint density at radius 3 is 1.91 bits per heavy atom. The predicted molar refractivity (Wildman–Crippen MR) is 25.2 cm³/mol. The van der Waals surface area contributed by atoms with Crippen LogP contribution in [-0.2, 0) is 14.4 Å². The largest absolute Gasteiger partial charge is 0.540 e. The summed E-state index contributed by atoms with van der Waals surface area (Å²) in [5.74, 6) is 0. The van der Waals surface area contributed by atoms with Gasteiger partial charge in [-0.3, -0.25) is 0 Å². The number of hydrogen-bond acceptors (Lipinski definition) is 4. The van der Waals surface area contributed by atoms with Crippen LogP contribution in [0.25, 0.3) is 0 Å². The predicted octanol–water partition coefficient (Wildman–Crippen LogP) is -0.130. The summed E-state index contributed by atoms with van der Waals surface area (Å²) in [5, 5.41) is 7.87. The monoisotopic (exact) mass is 194 g/mol. The van der Waals surface area contributed by atoms with Gasteiger partial charge >= 0.3 is 15.6 Å². The second-order valence-electron chi connectivity index (χ2n) is 1.33. The quantitative estimate of drug-likeness (QED) is 0.288. The van der Waals surface area contributed by atoms with Crippen molar-refractivity contribution in [2.75, 3.05) is 0 Å². The summed E-state index contributed by atoms with van der Waals surface area (Å²) in [4.78, 5) is -0.803. The summed E-state index contributed by atoms with van der Waals surface area (Å²) < 4.78 is 56.6. The Morgan fingerprint density at radius 2 is 1.82 bits per heavy atom. The van der Waals surface area contributed by atoms with Gasteiger partial charge in [-0.2, -0.15) is 21.6 Å². The van der Waals surface area contributed by atoms with Gasteiger partial charge in [-0.1, -0.05) is 4.28 Å². The van der Waals surface area contributed by atoms with E-state index in [2.05, 4.69) is 11.0 Å². The molecule has 0 fully saturated rings. The van der Waals surface area contributed by atoms with Crippen molar-refractivity contribution >= 4 is 16.8 Å². The molecule has 9 heteroatoms. The first-order valence-corrected chi connectivity index (χ1v) is 3.38. The standard InChI is InChI=1S/C2H3F3NO4S/c1-6(7)10-11(8,9)2(3,4)5/h7H,1H2/q+1. The van der Waals surface area contributed by atoms with Crippen molar-refractivity contribution in [3.8, 4) is 0 Å². The van der Waals surface area contributed by atoms with E-state index in [0.717, 1.165) is 0 Å². The summed E-state index contributed by atoms with van der Waals surface area (Å²) in [6.45, 7) is 2.32. The molecule has 11 heavy (non-hydrogen) atoms. The van der Waals surface area contributed by atoms with Crippen molar-refractivity contribution in [1.29, 1.82) is 0 Å². The Morgan fingerprint density at radius 1 is 1.45 bits per heavy atom. The molecule has 0 saturated carbocycles. The van der Waals surface area contributed by atoms with E-state index in [1.165, 1.54) is 0 Å². The maximum atomic E-state index is 11.3. The Labute approximate surface area is 59.4 Å². The highest BCUT2D eigenvalue weighted by atomic mass is 32.2. The molecule has 0 amide bonds. The second-order valence-corrected chi connectivity index (χ2v) is 2.85. The fourth-order valence-corrected chi connectivity index (χ4v) is 0.467. The lowest BCUT2D eigenvalue weighted by atomic mass is 11.6. The van der Waals surface area contributed by atoms with Gasteiger partial charge in [0.1, 0.15) is 0 Å². The van der Waals surface area contributed by atoms with Crippen LogP contribution in [0.4, 0.5) is 13.2 Å². The summed E-state index contributed by atoms with van der Waals surface area (Å²) >= 11 is 0. The Balaban J connectivity index is 4.64. The average molecular weight is 194 g/mol. The third kappa shape index (κ3) is 2.62. The van der Waals surface area contributed by atoms with Crippen LogP contribution in [0.15, 0.2) is 0 Å². The van der Waals surface area contributed by atoms with Crippen LogP contribution in [0.1, 0.15) is 0 Å². The fraction of sp³-hybridized carbons (Fsp3) is 0.500. The van der Waals surface area contributed by atoms with Crippen LogP contribution in [0.2, 0.25) is 0 Å². The number of hydrogen-bond donors (Lipinski definition) is 1. The van der Waals surface area contributed by atoms with E-state index in [9.17, 15) is 21.6 Å². The lowest BCUT2D eigenvalue weighted by Crippen LogP contribution is -2.28. The van der Waals surface area contributed by atoms with Crippen molar-refractivity contribution in [2.45, 2.75) is 5.51 Å². The van der Waals surface area contributed by atoms with E-state index < -0.39 is 20.5 Å². The summed E-state index contributed by atoms with van der Waals surface area (Å²) in [5.41, 5.74) is -5.56. The third-order valence-corrected chi connectivity index (χ3v) is 1.40. The lowest BCUT2D eigenvalue weighted by molar-refractivity contribution is -0.927. The Kier molecular flexibility index (Phi) is 2.33. The molecule has 0 rings (SSSR count). The molecule has 0 aliphatic heterocycles. The lowest BCUT2D eigenvalue weighted by Gasteiger charge is -2.00. The fourth-order valence-electron chi connectivity index (χ4n) is 0.156. The van der Waals surface area contributed by atoms with Crippen LogP contribution in [0.3, 0.4) is 0 Å².